The third-order valence-electron chi connectivity index (χ3n) is 2.90. The summed E-state index contributed by atoms with van der Waals surface area (Å²) in [6, 6.07) is 9.71. The Bertz CT molecular complexity index is 802. The third-order valence-corrected chi connectivity index (χ3v) is 4.29. The Balaban J connectivity index is 2.22. The first-order valence-electron chi connectivity index (χ1n) is 6.44. The average Bonchev–Trinajstić information content (AvgIpc) is 2.42. The molecule has 0 heterocycles. The molecule has 5 nitrogen and oxygen atoms in total. The molecule has 0 radical (unpaired) electrons. The fourth-order valence-corrected chi connectivity index (χ4v) is 2.89. The van der Waals surface area contributed by atoms with Crippen molar-refractivity contribution >= 4 is 27.3 Å². The molecular formula is C15H15FN2O3S. The maximum Gasteiger partial charge on any atom is 0.261 e. The number of aryl methyl sites for hydroxylation is 1. The van der Waals surface area contributed by atoms with Crippen molar-refractivity contribution < 1.29 is 17.6 Å². The number of hydrogen-bond acceptors (Lipinski definition) is 3. The van der Waals surface area contributed by atoms with E-state index in [-0.39, 0.29) is 16.5 Å². The van der Waals surface area contributed by atoms with Crippen molar-refractivity contribution in [1.29, 1.82) is 0 Å². The fourth-order valence-electron chi connectivity index (χ4n) is 1.84. The van der Waals surface area contributed by atoms with Crippen molar-refractivity contribution in [3.63, 3.8) is 0 Å². The zero-order chi connectivity index (χ0) is 16.3. The Morgan fingerprint density at radius 2 is 1.64 bits per heavy atom. The Hall–Kier alpha value is -2.41. The zero-order valence-electron chi connectivity index (χ0n) is 12.1. The van der Waals surface area contributed by atoms with E-state index in [1.807, 2.05) is 0 Å². The van der Waals surface area contributed by atoms with Crippen LogP contribution in [-0.4, -0.2) is 14.3 Å². The summed E-state index contributed by atoms with van der Waals surface area (Å²) in [5.41, 5.74) is 1.13. The van der Waals surface area contributed by atoms with Gasteiger partial charge in [0.2, 0.25) is 5.91 Å². The van der Waals surface area contributed by atoms with Crippen LogP contribution < -0.4 is 10.0 Å². The molecule has 2 N–H and O–H groups in total. The van der Waals surface area contributed by atoms with Gasteiger partial charge in [-0.25, -0.2) is 12.8 Å². The molecule has 0 fully saturated rings. The van der Waals surface area contributed by atoms with E-state index in [2.05, 4.69) is 10.0 Å². The van der Waals surface area contributed by atoms with E-state index < -0.39 is 15.8 Å². The van der Waals surface area contributed by atoms with Crippen molar-refractivity contribution in [2.24, 2.45) is 0 Å². The van der Waals surface area contributed by atoms with Crippen LogP contribution in [0.3, 0.4) is 0 Å². The van der Waals surface area contributed by atoms with Gasteiger partial charge in [-0.1, -0.05) is 0 Å². The highest BCUT2D eigenvalue weighted by molar-refractivity contribution is 7.92. The fraction of sp³-hybridized carbons (Fsp3) is 0.133. The number of anilines is 2. The summed E-state index contributed by atoms with van der Waals surface area (Å²) < 4.78 is 40.1. The number of sulfonamides is 1. The van der Waals surface area contributed by atoms with Crippen molar-refractivity contribution in [2.45, 2.75) is 18.7 Å². The number of amides is 1. The number of rotatable bonds is 4. The monoisotopic (exact) mass is 322 g/mol. The highest BCUT2D eigenvalue weighted by Gasteiger charge is 2.14. The Kier molecular flexibility index (Phi) is 4.46. The zero-order valence-corrected chi connectivity index (χ0v) is 12.9. The summed E-state index contributed by atoms with van der Waals surface area (Å²) >= 11 is 0. The number of carbonyl (C=O) groups is 1. The molecule has 0 aliphatic rings. The smallest absolute Gasteiger partial charge is 0.261 e. The lowest BCUT2D eigenvalue weighted by Gasteiger charge is -2.10. The van der Waals surface area contributed by atoms with Crippen molar-refractivity contribution in [3.05, 3.63) is 53.8 Å². The van der Waals surface area contributed by atoms with Gasteiger partial charge in [0.1, 0.15) is 5.82 Å². The Morgan fingerprint density at radius 3 is 2.18 bits per heavy atom. The van der Waals surface area contributed by atoms with Gasteiger partial charge in [-0.3, -0.25) is 9.52 Å². The van der Waals surface area contributed by atoms with E-state index in [9.17, 15) is 17.6 Å². The van der Waals surface area contributed by atoms with Gasteiger partial charge < -0.3 is 5.32 Å². The highest BCUT2D eigenvalue weighted by atomic mass is 32.2. The molecule has 0 aliphatic heterocycles. The van der Waals surface area contributed by atoms with Crippen LogP contribution in [0.4, 0.5) is 15.8 Å². The second-order valence-electron chi connectivity index (χ2n) is 4.78. The van der Waals surface area contributed by atoms with E-state index in [0.717, 1.165) is 0 Å². The molecule has 2 aromatic carbocycles. The maximum atomic E-state index is 13.2. The van der Waals surface area contributed by atoms with Crippen molar-refractivity contribution in [1.82, 2.24) is 0 Å². The van der Waals surface area contributed by atoms with E-state index in [1.54, 1.807) is 6.92 Å². The molecule has 2 aromatic rings. The predicted molar refractivity (Wildman–Crippen MR) is 82.7 cm³/mol. The number of hydrogen-bond donors (Lipinski definition) is 2. The summed E-state index contributed by atoms with van der Waals surface area (Å²) in [6.07, 6.45) is 0. The predicted octanol–water partition coefficient (Wildman–Crippen LogP) is 2.89. The summed E-state index contributed by atoms with van der Waals surface area (Å²) in [5, 5.41) is 2.55. The van der Waals surface area contributed by atoms with Gasteiger partial charge in [0.25, 0.3) is 10.0 Å². The van der Waals surface area contributed by atoms with Crippen LogP contribution in [0.1, 0.15) is 12.5 Å². The molecule has 0 saturated carbocycles. The van der Waals surface area contributed by atoms with Gasteiger partial charge in [0.15, 0.2) is 0 Å². The molecule has 0 aromatic heterocycles. The van der Waals surface area contributed by atoms with Crippen LogP contribution in [-0.2, 0) is 14.8 Å². The number of carbonyl (C=O) groups excluding carboxylic acids is 1. The SMILES string of the molecule is CC(=O)Nc1ccc(S(=O)(=O)Nc2ccc(F)c(C)c2)cc1. The summed E-state index contributed by atoms with van der Waals surface area (Å²) in [7, 11) is -3.77. The molecule has 0 spiro atoms. The van der Waals surface area contributed by atoms with Crippen LogP contribution in [0.25, 0.3) is 0 Å². The average molecular weight is 322 g/mol. The van der Waals surface area contributed by atoms with Gasteiger partial charge in [-0.15, -0.1) is 0 Å². The van der Waals surface area contributed by atoms with Crippen LogP contribution in [0.15, 0.2) is 47.4 Å². The highest BCUT2D eigenvalue weighted by Crippen LogP contribution is 2.20. The second-order valence-corrected chi connectivity index (χ2v) is 6.46. The molecule has 0 saturated heterocycles. The van der Waals surface area contributed by atoms with E-state index in [0.29, 0.717) is 11.3 Å². The van der Waals surface area contributed by atoms with E-state index in [4.69, 9.17) is 0 Å². The topological polar surface area (TPSA) is 75.3 Å². The largest absolute Gasteiger partial charge is 0.326 e. The first-order valence-corrected chi connectivity index (χ1v) is 7.93. The minimum atomic E-state index is -3.77. The third kappa shape index (κ3) is 3.82. The standard InChI is InChI=1S/C15H15FN2O3S/c1-10-9-13(5-8-15(10)16)18-22(20,21)14-6-3-12(4-7-14)17-11(2)19/h3-9,18H,1-2H3,(H,17,19). The molecule has 0 aliphatic carbocycles. The molecule has 2 rings (SSSR count). The quantitative estimate of drug-likeness (QED) is 0.909. The lowest BCUT2D eigenvalue weighted by Crippen LogP contribution is -2.13. The number of nitrogens with one attached hydrogen (secondary N) is 2. The van der Waals surface area contributed by atoms with E-state index in [1.165, 1.54) is 49.4 Å². The van der Waals surface area contributed by atoms with Gasteiger partial charge in [-0.05, 0) is 55.0 Å². The molecule has 22 heavy (non-hydrogen) atoms. The Morgan fingerprint density at radius 1 is 1.05 bits per heavy atom. The lowest BCUT2D eigenvalue weighted by molar-refractivity contribution is -0.114. The first-order chi connectivity index (χ1) is 10.3. The second kappa shape index (κ2) is 6.15. The van der Waals surface area contributed by atoms with Crippen molar-refractivity contribution in [2.75, 3.05) is 10.0 Å². The normalized spacial score (nSPS) is 11.0. The summed E-state index contributed by atoms with van der Waals surface area (Å²) in [4.78, 5) is 11.0. The summed E-state index contributed by atoms with van der Waals surface area (Å²) in [5.74, 6) is -0.641. The number of benzene rings is 2. The van der Waals surface area contributed by atoms with Gasteiger partial charge in [-0.2, -0.15) is 0 Å². The molecule has 7 heteroatoms. The molecule has 0 atom stereocenters. The summed E-state index contributed by atoms with van der Waals surface area (Å²) in [6.45, 7) is 2.92. The van der Waals surface area contributed by atoms with Crippen molar-refractivity contribution in [3.8, 4) is 0 Å². The lowest BCUT2D eigenvalue weighted by atomic mass is 10.2. The minimum Gasteiger partial charge on any atom is -0.326 e. The van der Waals surface area contributed by atoms with Gasteiger partial charge in [0, 0.05) is 18.3 Å². The van der Waals surface area contributed by atoms with Crippen LogP contribution in [0, 0.1) is 12.7 Å². The minimum absolute atomic E-state index is 0.0450. The van der Waals surface area contributed by atoms with Gasteiger partial charge >= 0.3 is 0 Å². The van der Waals surface area contributed by atoms with Gasteiger partial charge in [0.05, 0.1) is 4.90 Å². The van der Waals surface area contributed by atoms with E-state index >= 15 is 0 Å². The molecule has 1 amide bonds. The Labute approximate surface area is 128 Å². The molecular weight excluding hydrogens is 307 g/mol. The number of halogens is 1. The molecule has 0 unspecified atom stereocenters. The first kappa shape index (κ1) is 16.0. The van der Waals surface area contributed by atoms with Crippen LogP contribution in [0.2, 0.25) is 0 Å². The molecule has 0 bridgehead atoms. The van der Waals surface area contributed by atoms with Crippen LogP contribution >= 0.6 is 0 Å². The molecule has 116 valence electrons. The van der Waals surface area contributed by atoms with Crippen LogP contribution in [0.5, 0.6) is 0 Å². The maximum absolute atomic E-state index is 13.2.